The Kier molecular flexibility index (Phi) is 1.73. The first-order chi connectivity index (χ1) is 7.77. The van der Waals surface area contributed by atoms with E-state index in [0.29, 0.717) is 18.1 Å². The summed E-state index contributed by atoms with van der Waals surface area (Å²) >= 11 is 0. The summed E-state index contributed by atoms with van der Waals surface area (Å²) in [5, 5.41) is 9.03. The minimum Gasteiger partial charge on any atom is -0.478 e. The van der Waals surface area contributed by atoms with Gasteiger partial charge in [0.25, 0.3) is 0 Å². The summed E-state index contributed by atoms with van der Waals surface area (Å²) < 4.78 is 5.33. The monoisotopic (exact) mass is 216 g/mol. The maximum atomic E-state index is 11.0. The number of carbonyl (C=O) groups is 1. The fraction of sp³-hybridized carbons (Fsp3) is 0.0909. The summed E-state index contributed by atoms with van der Waals surface area (Å²) in [6.45, 7) is 0.644. The molecule has 3 rings (SSSR count). The molecule has 0 atom stereocenters. The summed E-state index contributed by atoms with van der Waals surface area (Å²) in [7, 11) is 0. The normalized spacial score (nSPS) is 16.2. The minimum absolute atomic E-state index is 0.166. The smallest absolute Gasteiger partial charge is 0.339 e. The third-order valence-corrected chi connectivity index (χ3v) is 2.56. The van der Waals surface area contributed by atoms with E-state index in [4.69, 9.17) is 9.84 Å². The number of rotatable bonds is 1. The second kappa shape index (κ2) is 3.10. The van der Waals surface area contributed by atoms with Crippen LogP contribution in [-0.2, 0) is 0 Å². The Morgan fingerprint density at radius 3 is 3.19 bits per heavy atom. The van der Waals surface area contributed by atoms with E-state index in [0.717, 1.165) is 5.69 Å². The molecule has 5 heteroatoms. The first-order valence-corrected chi connectivity index (χ1v) is 4.80. The predicted molar refractivity (Wildman–Crippen MR) is 58.0 cm³/mol. The number of carboxylic acid groups (broad SMARTS) is 1. The van der Waals surface area contributed by atoms with Crippen LogP contribution in [0.25, 0.3) is 0 Å². The molecule has 0 saturated carbocycles. The predicted octanol–water partition coefficient (Wildman–Crippen LogP) is 1.47. The number of hydrogen-bond acceptors (Lipinski definition) is 4. The maximum Gasteiger partial charge on any atom is 0.339 e. The number of carboxylic acids is 1. The van der Waals surface area contributed by atoms with Gasteiger partial charge in [-0.1, -0.05) is 6.07 Å². The van der Waals surface area contributed by atoms with Crippen molar-refractivity contribution in [1.29, 1.82) is 0 Å². The largest absolute Gasteiger partial charge is 0.478 e. The molecule has 2 heterocycles. The molecule has 1 aromatic rings. The van der Waals surface area contributed by atoms with E-state index in [-0.39, 0.29) is 5.56 Å². The third kappa shape index (κ3) is 1.11. The molecule has 0 aliphatic carbocycles. The highest BCUT2D eigenvalue weighted by Gasteiger charge is 2.27. The lowest BCUT2D eigenvalue weighted by Gasteiger charge is -2.25. The first kappa shape index (κ1) is 8.96. The zero-order valence-corrected chi connectivity index (χ0v) is 8.25. The molecule has 0 aromatic heterocycles. The van der Waals surface area contributed by atoms with Crippen molar-refractivity contribution in [3.63, 3.8) is 0 Å². The molecule has 0 saturated heterocycles. The summed E-state index contributed by atoms with van der Waals surface area (Å²) in [5.41, 5.74) is 0.912. The van der Waals surface area contributed by atoms with Gasteiger partial charge in [-0.25, -0.2) is 9.79 Å². The lowest BCUT2D eigenvalue weighted by atomic mass is 10.1. The number of hydrogen-bond donors (Lipinski definition) is 1. The van der Waals surface area contributed by atoms with Gasteiger partial charge in [-0.05, 0) is 12.1 Å². The quantitative estimate of drug-likeness (QED) is 0.772. The highest BCUT2D eigenvalue weighted by molar-refractivity contribution is 5.94. The van der Waals surface area contributed by atoms with Crippen LogP contribution in [0.5, 0.6) is 5.75 Å². The fourth-order valence-electron chi connectivity index (χ4n) is 1.84. The van der Waals surface area contributed by atoms with Crippen LogP contribution in [-0.4, -0.2) is 23.8 Å². The molecule has 0 spiro atoms. The van der Waals surface area contributed by atoms with Gasteiger partial charge >= 0.3 is 5.97 Å². The van der Waals surface area contributed by atoms with Crippen molar-refractivity contribution in [3.8, 4) is 5.75 Å². The van der Waals surface area contributed by atoms with E-state index in [9.17, 15) is 4.79 Å². The number of anilines is 1. The Hall–Kier alpha value is -2.30. The summed E-state index contributed by atoms with van der Waals surface area (Å²) in [5.74, 6) is 0.0908. The van der Waals surface area contributed by atoms with E-state index in [1.165, 1.54) is 12.3 Å². The Morgan fingerprint density at radius 2 is 2.38 bits per heavy atom. The second-order valence-electron chi connectivity index (χ2n) is 3.48. The molecule has 5 nitrogen and oxygen atoms in total. The molecular formula is C11H8N2O3. The maximum absolute atomic E-state index is 11.0. The van der Waals surface area contributed by atoms with Crippen LogP contribution in [0.2, 0.25) is 0 Å². The topological polar surface area (TPSA) is 62.1 Å². The molecule has 1 N–H and O–H groups in total. The third-order valence-electron chi connectivity index (χ3n) is 2.56. The molecule has 0 fully saturated rings. The van der Waals surface area contributed by atoms with E-state index < -0.39 is 5.97 Å². The Labute approximate surface area is 91.3 Å². The standard InChI is InChI=1S/C11H8N2O3/c14-11(15)7-2-1-3-8-10(7)16-6-9-12-4-5-13(8)9/h1-4,6H,5H2,(H,14,15). The van der Waals surface area contributed by atoms with Crippen molar-refractivity contribution in [3.05, 3.63) is 35.8 Å². The highest BCUT2D eigenvalue weighted by atomic mass is 16.5. The van der Waals surface area contributed by atoms with Crippen molar-refractivity contribution in [2.24, 2.45) is 4.99 Å². The molecular weight excluding hydrogens is 208 g/mol. The van der Waals surface area contributed by atoms with E-state index in [1.807, 2.05) is 11.0 Å². The number of benzene rings is 1. The van der Waals surface area contributed by atoms with Gasteiger partial charge in [0.15, 0.2) is 11.6 Å². The van der Waals surface area contributed by atoms with Crippen LogP contribution in [0.4, 0.5) is 5.69 Å². The zero-order valence-electron chi connectivity index (χ0n) is 8.25. The first-order valence-electron chi connectivity index (χ1n) is 4.80. The number of para-hydroxylation sites is 1. The summed E-state index contributed by atoms with van der Waals surface area (Å²) in [6.07, 6.45) is 3.23. The molecule has 0 bridgehead atoms. The highest BCUT2D eigenvalue weighted by Crippen LogP contribution is 2.38. The SMILES string of the molecule is O=C(O)c1cccc2c1OC=C1N=CCN12. The molecule has 16 heavy (non-hydrogen) atoms. The van der Waals surface area contributed by atoms with Crippen LogP contribution in [0.3, 0.4) is 0 Å². The zero-order chi connectivity index (χ0) is 11.1. The fourth-order valence-corrected chi connectivity index (χ4v) is 1.84. The lowest BCUT2D eigenvalue weighted by molar-refractivity contribution is 0.0694. The van der Waals surface area contributed by atoms with Crippen molar-refractivity contribution >= 4 is 17.9 Å². The summed E-state index contributed by atoms with van der Waals surface area (Å²) in [6, 6.07) is 5.05. The lowest BCUT2D eigenvalue weighted by Crippen LogP contribution is -2.23. The molecule has 0 unspecified atom stereocenters. The van der Waals surface area contributed by atoms with Crippen LogP contribution >= 0.6 is 0 Å². The van der Waals surface area contributed by atoms with Gasteiger partial charge < -0.3 is 14.7 Å². The number of aromatic carboxylic acids is 1. The van der Waals surface area contributed by atoms with Gasteiger partial charge in [0.05, 0.1) is 12.2 Å². The van der Waals surface area contributed by atoms with Crippen molar-refractivity contribution in [1.82, 2.24) is 0 Å². The second-order valence-corrected chi connectivity index (χ2v) is 3.48. The van der Waals surface area contributed by atoms with E-state index in [2.05, 4.69) is 4.99 Å². The van der Waals surface area contributed by atoms with Crippen molar-refractivity contribution < 1.29 is 14.6 Å². The van der Waals surface area contributed by atoms with Gasteiger partial charge in [0, 0.05) is 6.21 Å². The van der Waals surface area contributed by atoms with E-state index in [1.54, 1.807) is 12.3 Å². The number of aliphatic imine (C=N–C) groups is 1. The van der Waals surface area contributed by atoms with Gasteiger partial charge in [-0.2, -0.15) is 0 Å². The Bertz CT molecular complexity index is 534. The number of nitrogens with zero attached hydrogens (tertiary/aromatic N) is 2. The van der Waals surface area contributed by atoms with Crippen LogP contribution < -0.4 is 9.64 Å². The molecule has 1 aromatic carbocycles. The number of ether oxygens (including phenoxy) is 1. The molecule has 0 radical (unpaired) electrons. The van der Waals surface area contributed by atoms with Gasteiger partial charge in [-0.3, -0.25) is 0 Å². The average Bonchev–Trinajstić information content (AvgIpc) is 2.76. The average molecular weight is 216 g/mol. The van der Waals surface area contributed by atoms with Crippen LogP contribution in [0.15, 0.2) is 35.3 Å². The van der Waals surface area contributed by atoms with Crippen molar-refractivity contribution in [2.75, 3.05) is 11.4 Å². The van der Waals surface area contributed by atoms with Gasteiger partial charge in [0.2, 0.25) is 0 Å². The summed E-state index contributed by atoms with van der Waals surface area (Å²) in [4.78, 5) is 17.0. The molecule has 2 aliphatic heterocycles. The Morgan fingerprint density at radius 1 is 1.50 bits per heavy atom. The minimum atomic E-state index is -0.992. The van der Waals surface area contributed by atoms with Crippen LogP contribution in [0, 0.1) is 0 Å². The molecule has 80 valence electrons. The molecule has 2 aliphatic rings. The van der Waals surface area contributed by atoms with Gasteiger partial charge in [-0.15, -0.1) is 0 Å². The van der Waals surface area contributed by atoms with Crippen LogP contribution in [0.1, 0.15) is 10.4 Å². The number of fused-ring (bicyclic) bond motifs is 3. The van der Waals surface area contributed by atoms with Gasteiger partial charge in [0.1, 0.15) is 11.8 Å². The van der Waals surface area contributed by atoms with E-state index >= 15 is 0 Å². The Balaban J connectivity index is 2.16. The molecule has 0 amide bonds. The van der Waals surface area contributed by atoms with Crippen molar-refractivity contribution in [2.45, 2.75) is 0 Å².